The van der Waals surface area contributed by atoms with E-state index in [1.165, 1.54) is 11.8 Å². The van der Waals surface area contributed by atoms with Crippen LogP contribution in [0.4, 0.5) is 0 Å². The molecule has 164 valence electrons. The highest BCUT2D eigenvalue weighted by atomic mass is 32.2. The van der Waals surface area contributed by atoms with Gasteiger partial charge in [-0.05, 0) is 31.0 Å². The number of hydrogen-bond acceptors (Lipinski definition) is 6. The van der Waals surface area contributed by atoms with E-state index in [4.69, 9.17) is 4.74 Å². The lowest BCUT2D eigenvalue weighted by Crippen LogP contribution is -2.24. The van der Waals surface area contributed by atoms with Crippen molar-refractivity contribution in [1.29, 1.82) is 0 Å². The summed E-state index contributed by atoms with van der Waals surface area (Å²) in [6.45, 7) is 0.308. The summed E-state index contributed by atoms with van der Waals surface area (Å²) >= 11 is 1.47. The molecule has 0 amide bonds. The number of nitrogens with zero attached hydrogens (tertiary/aromatic N) is 4. The van der Waals surface area contributed by atoms with Gasteiger partial charge in [-0.1, -0.05) is 54.9 Å². The number of ketones is 1. The zero-order valence-corrected chi connectivity index (χ0v) is 18.7. The number of rotatable bonds is 5. The number of hydrogen-bond donors (Lipinski definition) is 0. The molecule has 2 aromatic carbocycles. The van der Waals surface area contributed by atoms with Gasteiger partial charge < -0.3 is 4.74 Å². The minimum absolute atomic E-state index is 0.127. The highest BCUT2D eigenvalue weighted by Gasteiger charge is 2.25. The van der Waals surface area contributed by atoms with Crippen LogP contribution in [0, 0.1) is 0 Å². The van der Waals surface area contributed by atoms with Crippen molar-refractivity contribution < 1.29 is 9.53 Å². The Kier molecular flexibility index (Phi) is 5.70. The van der Waals surface area contributed by atoms with E-state index in [9.17, 15) is 9.59 Å². The molecule has 4 aromatic rings. The second kappa shape index (κ2) is 8.78. The number of para-hydroxylation sites is 2. The van der Waals surface area contributed by atoms with E-state index in [0.29, 0.717) is 35.0 Å². The molecule has 0 saturated heterocycles. The van der Waals surface area contributed by atoms with Crippen LogP contribution in [0.15, 0.2) is 58.5 Å². The van der Waals surface area contributed by atoms with Gasteiger partial charge in [0, 0.05) is 12.0 Å². The molecule has 32 heavy (non-hydrogen) atoms. The van der Waals surface area contributed by atoms with E-state index < -0.39 is 0 Å². The van der Waals surface area contributed by atoms with Gasteiger partial charge in [0.25, 0.3) is 5.56 Å². The Morgan fingerprint density at radius 1 is 1.03 bits per heavy atom. The predicted octanol–water partition coefficient (Wildman–Crippen LogP) is 4.10. The van der Waals surface area contributed by atoms with Crippen LogP contribution in [-0.2, 0) is 11.3 Å². The number of Topliss-reactive ketones (excluding diaryl/α,β-unsaturated/α-hetero) is 1. The van der Waals surface area contributed by atoms with E-state index in [1.54, 1.807) is 11.7 Å². The molecule has 2 heterocycles. The SMILES string of the molecule is COc1ccccc1Cn1c(=O)c2ccccc2n2c(S[C@H]3CCCCCC3=O)nnc12. The van der Waals surface area contributed by atoms with Gasteiger partial charge >= 0.3 is 0 Å². The van der Waals surface area contributed by atoms with E-state index in [2.05, 4.69) is 10.2 Å². The largest absolute Gasteiger partial charge is 0.496 e. The molecule has 5 rings (SSSR count). The molecule has 0 bridgehead atoms. The topological polar surface area (TPSA) is 78.5 Å². The first-order valence-corrected chi connectivity index (χ1v) is 11.7. The zero-order chi connectivity index (χ0) is 22.1. The Hall–Kier alpha value is -3.13. The molecule has 1 atom stereocenters. The van der Waals surface area contributed by atoms with E-state index in [1.807, 2.05) is 52.9 Å². The summed E-state index contributed by atoms with van der Waals surface area (Å²) in [4.78, 5) is 26.0. The second-order valence-corrected chi connectivity index (χ2v) is 9.18. The Morgan fingerprint density at radius 2 is 1.84 bits per heavy atom. The number of ether oxygens (including phenoxy) is 1. The van der Waals surface area contributed by atoms with Crippen LogP contribution in [0.2, 0.25) is 0 Å². The minimum atomic E-state index is -0.131. The zero-order valence-electron chi connectivity index (χ0n) is 17.9. The standard InChI is InChI=1S/C24H24N4O3S/c1-31-20-13-8-5-9-16(20)15-27-22(30)17-10-6-7-11-18(17)28-23(27)25-26-24(28)32-21-14-4-2-3-12-19(21)29/h5-11,13,21H,2-4,12,14-15H2,1H3/t21-/m0/s1. The lowest BCUT2D eigenvalue weighted by Gasteiger charge is -2.14. The molecular weight excluding hydrogens is 424 g/mol. The van der Waals surface area contributed by atoms with Gasteiger partial charge in [0.15, 0.2) is 5.16 Å². The molecule has 0 N–H and O–H groups in total. The number of carbonyl (C=O) groups is 1. The summed E-state index contributed by atoms with van der Waals surface area (Å²) in [6.07, 6.45) is 4.55. The van der Waals surface area contributed by atoms with E-state index >= 15 is 0 Å². The molecule has 8 heteroatoms. The van der Waals surface area contributed by atoms with Crippen molar-refractivity contribution in [1.82, 2.24) is 19.2 Å². The molecule has 0 aliphatic heterocycles. The molecule has 1 aliphatic carbocycles. The van der Waals surface area contributed by atoms with E-state index in [0.717, 1.165) is 36.8 Å². The van der Waals surface area contributed by atoms with Crippen LogP contribution in [0.1, 0.15) is 37.7 Å². The summed E-state index contributed by atoms with van der Waals surface area (Å²) in [5.41, 5.74) is 1.50. The van der Waals surface area contributed by atoms with Crippen molar-refractivity contribution in [2.75, 3.05) is 7.11 Å². The molecule has 1 aliphatic rings. The molecular formula is C24H24N4O3S. The number of methoxy groups -OCH3 is 1. The Bertz CT molecular complexity index is 1360. The maximum Gasteiger partial charge on any atom is 0.263 e. The maximum absolute atomic E-state index is 13.4. The predicted molar refractivity (Wildman–Crippen MR) is 125 cm³/mol. The highest BCUT2D eigenvalue weighted by Crippen LogP contribution is 2.31. The molecule has 0 radical (unpaired) electrons. The summed E-state index contributed by atoms with van der Waals surface area (Å²) in [5, 5.41) is 9.93. The van der Waals surface area contributed by atoms with Gasteiger partial charge in [-0.3, -0.25) is 18.6 Å². The van der Waals surface area contributed by atoms with Gasteiger partial charge in [-0.15, -0.1) is 10.2 Å². The van der Waals surface area contributed by atoms with Crippen LogP contribution in [0.25, 0.3) is 16.7 Å². The van der Waals surface area contributed by atoms with Crippen molar-refractivity contribution in [3.63, 3.8) is 0 Å². The summed E-state index contributed by atoms with van der Waals surface area (Å²) in [6, 6.07) is 15.1. The first-order chi connectivity index (χ1) is 15.7. The third-order valence-corrected chi connectivity index (χ3v) is 7.25. The van der Waals surface area contributed by atoms with Crippen LogP contribution in [0.3, 0.4) is 0 Å². The van der Waals surface area contributed by atoms with Gasteiger partial charge in [-0.25, -0.2) is 0 Å². The molecule has 1 saturated carbocycles. The summed E-state index contributed by atoms with van der Waals surface area (Å²) in [5.74, 6) is 1.45. The smallest absolute Gasteiger partial charge is 0.263 e. The average Bonchev–Trinajstić information content (AvgIpc) is 3.13. The molecule has 0 unspecified atom stereocenters. The fraction of sp³-hybridized carbons (Fsp3) is 0.333. The van der Waals surface area contributed by atoms with Crippen molar-refractivity contribution >= 4 is 34.2 Å². The first-order valence-electron chi connectivity index (χ1n) is 10.9. The Balaban J connectivity index is 1.67. The van der Waals surface area contributed by atoms with Crippen molar-refractivity contribution in [3.05, 3.63) is 64.4 Å². The quantitative estimate of drug-likeness (QED) is 0.428. The summed E-state index contributed by atoms with van der Waals surface area (Å²) < 4.78 is 9.03. The molecule has 1 fully saturated rings. The fourth-order valence-electron chi connectivity index (χ4n) is 4.34. The highest BCUT2D eigenvalue weighted by molar-refractivity contribution is 8.00. The van der Waals surface area contributed by atoms with Crippen LogP contribution in [-0.4, -0.2) is 37.3 Å². The number of fused-ring (bicyclic) bond motifs is 3. The second-order valence-electron chi connectivity index (χ2n) is 8.01. The third-order valence-electron chi connectivity index (χ3n) is 6.00. The van der Waals surface area contributed by atoms with Crippen LogP contribution < -0.4 is 10.3 Å². The number of carbonyl (C=O) groups excluding carboxylic acids is 1. The van der Waals surface area contributed by atoms with Crippen molar-refractivity contribution in [2.24, 2.45) is 0 Å². The number of thioether (sulfide) groups is 1. The van der Waals surface area contributed by atoms with Gasteiger partial charge in [-0.2, -0.15) is 0 Å². The van der Waals surface area contributed by atoms with Gasteiger partial charge in [0.05, 0.1) is 29.8 Å². The first kappa shape index (κ1) is 20.8. The number of aromatic nitrogens is 4. The van der Waals surface area contributed by atoms with Crippen LogP contribution >= 0.6 is 11.8 Å². The van der Waals surface area contributed by atoms with Crippen molar-refractivity contribution in [3.8, 4) is 5.75 Å². The summed E-state index contributed by atoms with van der Waals surface area (Å²) in [7, 11) is 1.62. The van der Waals surface area contributed by atoms with Gasteiger partial charge in [0.1, 0.15) is 11.5 Å². The van der Waals surface area contributed by atoms with Crippen molar-refractivity contribution in [2.45, 2.75) is 49.1 Å². The maximum atomic E-state index is 13.4. The lowest BCUT2D eigenvalue weighted by atomic mass is 10.2. The minimum Gasteiger partial charge on any atom is -0.496 e. The molecule has 7 nitrogen and oxygen atoms in total. The molecule has 2 aromatic heterocycles. The van der Waals surface area contributed by atoms with E-state index in [-0.39, 0.29) is 16.6 Å². The average molecular weight is 449 g/mol. The van der Waals surface area contributed by atoms with Gasteiger partial charge in [0.2, 0.25) is 5.78 Å². The number of benzene rings is 2. The Morgan fingerprint density at radius 3 is 2.72 bits per heavy atom. The normalized spacial score (nSPS) is 17.0. The van der Waals surface area contributed by atoms with Crippen LogP contribution in [0.5, 0.6) is 5.75 Å². The monoisotopic (exact) mass is 448 g/mol. The third kappa shape index (κ3) is 3.68. The Labute approximate surface area is 189 Å². The lowest BCUT2D eigenvalue weighted by molar-refractivity contribution is -0.118. The fourth-order valence-corrected chi connectivity index (χ4v) is 5.50. The molecule has 0 spiro atoms.